The van der Waals surface area contributed by atoms with Gasteiger partial charge < -0.3 is 10.1 Å². The Bertz CT molecular complexity index is 543. The van der Waals surface area contributed by atoms with E-state index in [2.05, 4.69) is 26.2 Å². The molecule has 0 saturated heterocycles. The van der Waals surface area contributed by atoms with Gasteiger partial charge in [0.2, 0.25) is 5.88 Å². The number of halogens is 1. The summed E-state index contributed by atoms with van der Waals surface area (Å²) in [5.41, 5.74) is 2.12. The Kier molecular flexibility index (Phi) is 4.33. The summed E-state index contributed by atoms with van der Waals surface area (Å²) in [4.78, 5) is 4.28. The van der Waals surface area contributed by atoms with E-state index >= 15 is 0 Å². The van der Waals surface area contributed by atoms with Crippen molar-refractivity contribution >= 4 is 15.9 Å². The molecule has 3 nitrogen and oxygen atoms in total. The SMILES string of the molecule is CNCc1ccccc1Oc1ncc(Br)cc1C. The zero-order valence-corrected chi connectivity index (χ0v) is 12.0. The van der Waals surface area contributed by atoms with Gasteiger partial charge in [0.05, 0.1) is 0 Å². The molecule has 0 radical (unpaired) electrons. The fourth-order valence-electron chi connectivity index (χ4n) is 1.68. The van der Waals surface area contributed by atoms with Crippen LogP contribution in [0, 0.1) is 6.92 Å². The van der Waals surface area contributed by atoms with Gasteiger partial charge in [-0.05, 0) is 42.0 Å². The molecule has 0 spiro atoms. The first kappa shape index (κ1) is 13.1. The molecule has 0 bridgehead atoms. The maximum Gasteiger partial charge on any atom is 0.222 e. The van der Waals surface area contributed by atoms with Gasteiger partial charge in [-0.25, -0.2) is 4.98 Å². The fraction of sp³-hybridized carbons (Fsp3) is 0.214. The standard InChI is InChI=1S/C14H15BrN2O/c1-10-7-12(15)9-17-14(10)18-13-6-4-3-5-11(13)8-16-2/h3-7,9,16H,8H2,1-2H3. The Labute approximate surface area is 115 Å². The van der Waals surface area contributed by atoms with Crippen molar-refractivity contribution in [2.45, 2.75) is 13.5 Å². The highest BCUT2D eigenvalue weighted by Crippen LogP contribution is 2.27. The number of hydrogen-bond donors (Lipinski definition) is 1. The zero-order valence-electron chi connectivity index (χ0n) is 10.4. The van der Waals surface area contributed by atoms with Gasteiger partial charge in [-0.3, -0.25) is 0 Å². The number of aromatic nitrogens is 1. The topological polar surface area (TPSA) is 34.1 Å². The summed E-state index contributed by atoms with van der Waals surface area (Å²) < 4.78 is 6.83. The van der Waals surface area contributed by atoms with E-state index in [1.54, 1.807) is 6.20 Å². The first-order valence-corrected chi connectivity index (χ1v) is 6.52. The molecule has 0 unspecified atom stereocenters. The molecular weight excluding hydrogens is 292 g/mol. The van der Waals surface area contributed by atoms with Crippen LogP contribution in [0.4, 0.5) is 0 Å². The molecule has 0 atom stereocenters. The maximum absolute atomic E-state index is 5.88. The van der Waals surface area contributed by atoms with Crippen LogP contribution in [0.3, 0.4) is 0 Å². The quantitative estimate of drug-likeness (QED) is 0.936. The fourth-order valence-corrected chi connectivity index (χ4v) is 2.12. The van der Waals surface area contributed by atoms with Crippen molar-refractivity contribution in [2.75, 3.05) is 7.05 Å². The Hall–Kier alpha value is -1.39. The van der Waals surface area contributed by atoms with Crippen molar-refractivity contribution < 1.29 is 4.74 Å². The molecule has 0 aliphatic rings. The number of benzene rings is 1. The molecule has 1 aromatic heterocycles. The van der Waals surface area contributed by atoms with E-state index < -0.39 is 0 Å². The lowest BCUT2D eigenvalue weighted by Gasteiger charge is -2.11. The largest absolute Gasteiger partial charge is 0.438 e. The molecule has 4 heteroatoms. The summed E-state index contributed by atoms with van der Waals surface area (Å²) in [7, 11) is 1.92. The van der Waals surface area contributed by atoms with E-state index in [-0.39, 0.29) is 0 Å². The third-order valence-electron chi connectivity index (χ3n) is 2.54. The molecule has 2 aromatic rings. The van der Waals surface area contributed by atoms with Crippen LogP contribution in [0.5, 0.6) is 11.6 Å². The average Bonchev–Trinajstić information content (AvgIpc) is 2.35. The van der Waals surface area contributed by atoms with Crippen LogP contribution in [-0.2, 0) is 6.54 Å². The number of nitrogens with zero attached hydrogens (tertiary/aromatic N) is 1. The highest BCUT2D eigenvalue weighted by atomic mass is 79.9. The number of pyridine rings is 1. The van der Waals surface area contributed by atoms with Gasteiger partial charge in [-0.15, -0.1) is 0 Å². The lowest BCUT2D eigenvalue weighted by molar-refractivity contribution is 0.451. The first-order valence-electron chi connectivity index (χ1n) is 5.73. The van der Waals surface area contributed by atoms with E-state index in [1.807, 2.05) is 44.3 Å². The number of aryl methyl sites for hydroxylation is 1. The molecular formula is C14H15BrN2O. The monoisotopic (exact) mass is 306 g/mol. The normalized spacial score (nSPS) is 10.4. The first-order chi connectivity index (χ1) is 8.70. The van der Waals surface area contributed by atoms with E-state index in [0.29, 0.717) is 5.88 Å². The molecule has 1 aromatic carbocycles. The lowest BCUT2D eigenvalue weighted by atomic mass is 10.2. The second-order valence-electron chi connectivity index (χ2n) is 4.02. The molecule has 0 aliphatic heterocycles. The van der Waals surface area contributed by atoms with Crippen LogP contribution in [-0.4, -0.2) is 12.0 Å². The Morgan fingerprint density at radius 2 is 2.11 bits per heavy atom. The Morgan fingerprint density at radius 3 is 2.83 bits per heavy atom. The predicted octanol–water partition coefficient (Wildman–Crippen LogP) is 3.66. The molecule has 94 valence electrons. The second kappa shape index (κ2) is 5.98. The van der Waals surface area contributed by atoms with Crippen LogP contribution >= 0.6 is 15.9 Å². The van der Waals surface area contributed by atoms with E-state index in [0.717, 1.165) is 27.9 Å². The van der Waals surface area contributed by atoms with Gasteiger partial charge in [0.25, 0.3) is 0 Å². The lowest BCUT2D eigenvalue weighted by Crippen LogP contribution is -2.06. The van der Waals surface area contributed by atoms with Gasteiger partial charge >= 0.3 is 0 Å². The summed E-state index contributed by atoms with van der Waals surface area (Å²) in [5, 5.41) is 3.13. The molecule has 2 rings (SSSR count). The molecule has 0 saturated carbocycles. The number of ether oxygens (including phenoxy) is 1. The summed E-state index contributed by atoms with van der Waals surface area (Å²) in [6.45, 7) is 2.75. The molecule has 18 heavy (non-hydrogen) atoms. The molecule has 1 N–H and O–H groups in total. The van der Waals surface area contributed by atoms with Crippen molar-refractivity contribution in [3.8, 4) is 11.6 Å². The maximum atomic E-state index is 5.88. The van der Waals surface area contributed by atoms with Crippen molar-refractivity contribution in [3.05, 3.63) is 52.1 Å². The van der Waals surface area contributed by atoms with E-state index in [1.165, 1.54) is 0 Å². The van der Waals surface area contributed by atoms with Crippen molar-refractivity contribution in [3.63, 3.8) is 0 Å². The van der Waals surface area contributed by atoms with Gasteiger partial charge in [-0.1, -0.05) is 18.2 Å². The molecule has 0 aliphatic carbocycles. The van der Waals surface area contributed by atoms with Gasteiger partial charge in [0.1, 0.15) is 5.75 Å². The summed E-state index contributed by atoms with van der Waals surface area (Å²) in [6.07, 6.45) is 1.74. The van der Waals surface area contributed by atoms with Gasteiger partial charge in [0, 0.05) is 28.3 Å². The van der Waals surface area contributed by atoms with Gasteiger partial charge in [-0.2, -0.15) is 0 Å². The second-order valence-corrected chi connectivity index (χ2v) is 4.93. The minimum Gasteiger partial charge on any atom is -0.438 e. The highest BCUT2D eigenvalue weighted by Gasteiger charge is 2.07. The Balaban J connectivity index is 2.28. The van der Waals surface area contributed by atoms with Crippen LogP contribution < -0.4 is 10.1 Å². The summed E-state index contributed by atoms with van der Waals surface area (Å²) in [5.74, 6) is 1.48. The number of rotatable bonds is 4. The number of hydrogen-bond acceptors (Lipinski definition) is 3. The van der Waals surface area contributed by atoms with Crippen molar-refractivity contribution in [1.29, 1.82) is 0 Å². The van der Waals surface area contributed by atoms with Crippen LogP contribution in [0.1, 0.15) is 11.1 Å². The minimum atomic E-state index is 0.641. The van der Waals surface area contributed by atoms with Crippen LogP contribution in [0.2, 0.25) is 0 Å². The summed E-state index contributed by atoms with van der Waals surface area (Å²) >= 11 is 3.39. The van der Waals surface area contributed by atoms with Crippen molar-refractivity contribution in [2.24, 2.45) is 0 Å². The van der Waals surface area contributed by atoms with Gasteiger partial charge in [0.15, 0.2) is 0 Å². The van der Waals surface area contributed by atoms with Crippen LogP contribution in [0.25, 0.3) is 0 Å². The minimum absolute atomic E-state index is 0.641. The molecule has 1 heterocycles. The zero-order chi connectivity index (χ0) is 13.0. The third-order valence-corrected chi connectivity index (χ3v) is 2.98. The van der Waals surface area contributed by atoms with Crippen molar-refractivity contribution in [1.82, 2.24) is 10.3 Å². The van der Waals surface area contributed by atoms with E-state index in [9.17, 15) is 0 Å². The molecule has 0 amide bonds. The number of para-hydroxylation sites is 1. The van der Waals surface area contributed by atoms with Crippen LogP contribution in [0.15, 0.2) is 41.0 Å². The van der Waals surface area contributed by atoms with E-state index in [4.69, 9.17) is 4.74 Å². The third kappa shape index (κ3) is 3.09. The molecule has 0 fully saturated rings. The summed E-state index contributed by atoms with van der Waals surface area (Å²) in [6, 6.07) is 9.95. The predicted molar refractivity (Wildman–Crippen MR) is 76.0 cm³/mol. The average molecular weight is 307 g/mol. The smallest absolute Gasteiger partial charge is 0.222 e. The Morgan fingerprint density at radius 1 is 1.33 bits per heavy atom. The highest BCUT2D eigenvalue weighted by molar-refractivity contribution is 9.10. The number of nitrogens with one attached hydrogen (secondary N) is 1.